The van der Waals surface area contributed by atoms with E-state index in [9.17, 15) is 4.79 Å². The Morgan fingerprint density at radius 3 is 2.68 bits per heavy atom. The number of benzene rings is 1. The van der Waals surface area contributed by atoms with E-state index < -0.39 is 5.41 Å². The molecule has 3 rings (SSSR count). The molecule has 0 bridgehead atoms. The second-order valence-corrected chi connectivity index (χ2v) is 6.06. The van der Waals surface area contributed by atoms with E-state index in [1.807, 2.05) is 36.9 Å². The van der Waals surface area contributed by atoms with Crippen molar-refractivity contribution in [2.45, 2.75) is 38.1 Å². The van der Waals surface area contributed by atoms with E-state index in [0.717, 1.165) is 42.9 Å². The summed E-state index contributed by atoms with van der Waals surface area (Å²) in [5, 5.41) is 3.35. The Kier molecular flexibility index (Phi) is 2.78. The number of nitrogens with one attached hydrogen (secondary N) is 1. The fraction of sp³-hybridized carbons (Fsp3) is 0.533. The summed E-state index contributed by atoms with van der Waals surface area (Å²) in [6.07, 6.45) is 2.04. The Morgan fingerprint density at radius 2 is 2.00 bits per heavy atom. The lowest BCUT2D eigenvalue weighted by Crippen LogP contribution is -2.47. The molecule has 1 aromatic carbocycles. The van der Waals surface area contributed by atoms with Crippen molar-refractivity contribution in [2.24, 2.45) is 0 Å². The molecule has 102 valence electrons. The molecule has 4 heteroatoms. The van der Waals surface area contributed by atoms with Gasteiger partial charge in [0.05, 0.1) is 5.41 Å². The number of amides is 1. The third-order valence-corrected chi connectivity index (χ3v) is 4.38. The predicted molar refractivity (Wildman–Crippen MR) is 77.3 cm³/mol. The summed E-state index contributed by atoms with van der Waals surface area (Å²) < 4.78 is 0. The number of nitrogens with two attached hydrogens (primary N) is 1. The molecule has 3 N–H and O–H groups in total. The number of carbonyl (C=O) groups is 1. The highest BCUT2D eigenvalue weighted by Crippen LogP contribution is 2.44. The van der Waals surface area contributed by atoms with Crippen molar-refractivity contribution >= 4 is 17.3 Å². The normalized spacial score (nSPS) is 22.6. The van der Waals surface area contributed by atoms with Crippen molar-refractivity contribution in [1.82, 2.24) is 5.32 Å². The number of carbonyl (C=O) groups excluding carboxylic acids is 1. The van der Waals surface area contributed by atoms with Gasteiger partial charge >= 0.3 is 0 Å². The molecule has 0 saturated carbocycles. The van der Waals surface area contributed by atoms with Gasteiger partial charge < -0.3 is 16.0 Å². The van der Waals surface area contributed by atoms with Gasteiger partial charge in [0.1, 0.15) is 0 Å². The molecule has 0 radical (unpaired) electrons. The third kappa shape index (κ3) is 1.82. The standard InChI is InChI=1S/C15H21N3O/c1-15(2)12-9-10(16)3-4-13(12)18(14(15)19)11-5-7-17-8-6-11/h3-4,9,11,17H,5-8,16H2,1-2H3. The molecule has 1 saturated heterocycles. The summed E-state index contributed by atoms with van der Waals surface area (Å²) in [5.41, 5.74) is 8.26. The summed E-state index contributed by atoms with van der Waals surface area (Å²) >= 11 is 0. The van der Waals surface area contributed by atoms with Gasteiger partial charge in [-0.1, -0.05) is 0 Å². The maximum absolute atomic E-state index is 12.8. The molecule has 0 aromatic heterocycles. The topological polar surface area (TPSA) is 58.4 Å². The Balaban J connectivity index is 2.05. The largest absolute Gasteiger partial charge is 0.399 e. The number of nitrogens with zero attached hydrogens (tertiary/aromatic N) is 1. The molecule has 2 aliphatic rings. The zero-order valence-corrected chi connectivity index (χ0v) is 11.6. The van der Waals surface area contributed by atoms with Crippen molar-refractivity contribution in [3.05, 3.63) is 23.8 Å². The van der Waals surface area contributed by atoms with Crippen LogP contribution in [-0.2, 0) is 10.2 Å². The van der Waals surface area contributed by atoms with Gasteiger partial charge in [0, 0.05) is 17.4 Å². The molecule has 2 heterocycles. The number of hydrogen-bond donors (Lipinski definition) is 2. The van der Waals surface area contributed by atoms with E-state index in [1.165, 1.54) is 0 Å². The second kappa shape index (κ2) is 4.23. The molecule has 4 nitrogen and oxygen atoms in total. The zero-order chi connectivity index (χ0) is 13.6. The number of fused-ring (bicyclic) bond motifs is 1. The molecule has 0 unspecified atom stereocenters. The van der Waals surface area contributed by atoms with Gasteiger partial charge in [-0.15, -0.1) is 0 Å². The Morgan fingerprint density at radius 1 is 1.32 bits per heavy atom. The second-order valence-electron chi connectivity index (χ2n) is 6.06. The summed E-state index contributed by atoms with van der Waals surface area (Å²) in [5.74, 6) is 0.208. The van der Waals surface area contributed by atoms with Gasteiger partial charge in [-0.2, -0.15) is 0 Å². The van der Waals surface area contributed by atoms with Gasteiger partial charge in [0.15, 0.2) is 0 Å². The molecule has 0 spiro atoms. The molecule has 19 heavy (non-hydrogen) atoms. The van der Waals surface area contributed by atoms with Crippen LogP contribution in [0.3, 0.4) is 0 Å². The number of rotatable bonds is 1. The fourth-order valence-electron chi connectivity index (χ4n) is 3.22. The Bertz CT molecular complexity index is 518. The van der Waals surface area contributed by atoms with Crippen LogP contribution in [-0.4, -0.2) is 25.0 Å². The zero-order valence-electron chi connectivity index (χ0n) is 11.6. The van der Waals surface area contributed by atoms with E-state index >= 15 is 0 Å². The minimum atomic E-state index is -0.463. The van der Waals surface area contributed by atoms with E-state index in [0.29, 0.717) is 6.04 Å². The van der Waals surface area contributed by atoms with Crippen LogP contribution in [0.5, 0.6) is 0 Å². The van der Waals surface area contributed by atoms with E-state index in [1.54, 1.807) is 0 Å². The minimum absolute atomic E-state index is 0.208. The Labute approximate surface area is 114 Å². The summed E-state index contributed by atoms with van der Waals surface area (Å²) in [4.78, 5) is 14.8. The van der Waals surface area contributed by atoms with Crippen LogP contribution in [0.15, 0.2) is 18.2 Å². The highest BCUT2D eigenvalue weighted by molar-refractivity contribution is 6.08. The maximum Gasteiger partial charge on any atom is 0.237 e. The first kappa shape index (κ1) is 12.5. The molecule has 0 aliphatic carbocycles. The van der Waals surface area contributed by atoms with E-state index in [4.69, 9.17) is 5.73 Å². The molecular weight excluding hydrogens is 238 g/mol. The van der Waals surface area contributed by atoms with Crippen molar-refractivity contribution in [1.29, 1.82) is 0 Å². The molecule has 1 aromatic rings. The van der Waals surface area contributed by atoms with E-state index in [2.05, 4.69) is 5.32 Å². The average molecular weight is 259 g/mol. The minimum Gasteiger partial charge on any atom is -0.399 e. The summed E-state index contributed by atoms with van der Waals surface area (Å²) in [6.45, 7) is 5.96. The number of piperidine rings is 1. The van der Waals surface area contributed by atoms with Crippen LogP contribution in [0.25, 0.3) is 0 Å². The van der Waals surface area contributed by atoms with Gasteiger partial charge in [0.2, 0.25) is 5.91 Å². The molecule has 0 atom stereocenters. The van der Waals surface area contributed by atoms with Crippen molar-refractivity contribution < 1.29 is 4.79 Å². The number of anilines is 2. The van der Waals surface area contributed by atoms with Crippen molar-refractivity contribution in [3.8, 4) is 0 Å². The van der Waals surface area contributed by atoms with E-state index in [-0.39, 0.29) is 5.91 Å². The smallest absolute Gasteiger partial charge is 0.237 e. The molecular formula is C15H21N3O. The average Bonchev–Trinajstić information content (AvgIpc) is 2.59. The first-order valence-corrected chi connectivity index (χ1v) is 6.96. The van der Waals surface area contributed by atoms with Crippen LogP contribution >= 0.6 is 0 Å². The van der Waals surface area contributed by atoms with Crippen LogP contribution < -0.4 is 16.0 Å². The predicted octanol–water partition coefficient (Wildman–Crippen LogP) is 1.64. The monoisotopic (exact) mass is 259 g/mol. The highest BCUT2D eigenvalue weighted by atomic mass is 16.2. The SMILES string of the molecule is CC1(C)C(=O)N(C2CCNCC2)c2ccc(N)cc21. The molecule has 1 amide bonds. The first-order valence-electron chi connectivity index (χ1n) is 6.96. The third-order valence-electron chi connectivity index (χ3n) is 4.38. The van der Waals surface area contributed by atoms with Gasteiger partial charge in [-0.3, -0.25) is 4.79 Å². The lowest BCUT2D eigenvalue weighted by molar-refractivity contribution is -0.122. The highest BCUT2D eigenvalue weighted by Gasteiger charge is 2.46. The van der Waals surface area contributed by atoms with Crippen molar-refractivity contribution in [3.63, 3.8) is 0 Å². The quantitative estimate of drug-likeness (QED) is 0.754. The maximum atomic E-state index is 12.8. The summed E-state index contributed by atoms with van der Waals surface area (Å²) in [7, 11) is 0. The molecule has 2 aliphatic heterocycles. The number of hydrogen-bond acceptors (Lipinski definition) is 3. The van der Waals surface area contributed by atoms with Gasteiger partial charge in [-0.05, 0) is 63.5 Å². The Hall–Kier alpha value is -1.55. The fourth-order valence-corrected chi connectivity index (χ4v) is 3.22. The summed E-state index contributed by atoms with van der Waals surface area (Å²) in [6, 6.07) is 6.16. The molecule has 1 fully saturated rings. The van der Waals surface area contributed by atoms with Crippen LogP contribution in [0.2, 0.25) is 0 Å². The van der Waals surface area contributed by atoms with Crippen LogP contribution in [0.1, 0.15) is 32.3 Å². The van der Waals surface area contributed by atoms with Gasteiger partial charge in [0.25, 0.3) is 0 Å². The first-order chi connectivity index (χ1) is 9.01. The van der Waals surface area contributed by atoms with Crippen LogP contribution in [0, 0.1) is 0 Å². The van der Waals surface area contributed by atoms with Crippen molar-refractivity contribution in [2.75, 3.05) is 23.7 Å². The van der Waals surface area contributed by atoms with Crippen LogP contribution in [0.4, 0.5) is 11.4 Å². The lowest BCUT2D eigenvalue weighted by Gasteiger charge is -2.33. The number of nitrogen functional groups attached to an aromatic ring is 1. The van der Waals surface area contributed by atoms with Gasteiger partial charge in [-0.25, -0.2) is 0 Å². The lowest BCUT2D eigenvalue weighted by atomic mass is 9.86.